The molecule has 3 atom stereocenters. The summed E-state index contributed by atoms with van der Waals surface area (Å²) in [6, 6.07) is 9.48. The van der Waals surface area contributed by atoms with Crippen molar-refractivity contribution < 1.29 is 23.6 Å². The normalized spacial score (nSPS) is 27.5. The molecule has 7 heteroatoms. The number of benzene rings is 1. The minimum absolute atomic E-state index is 0.136. The van der Waals surface area contributed by atoms with Gasteiger partial charge in [-0.2, -0.15) is 0 Å². The average Bonchev–Trinajstić information content (AvgIpc) is 2.64. The van der Waals surface area contributed by atoms with Crippen LogP contribution >= 0.6 is 18.7 Å². The van der Waals surface area contributed by atoms with Crippen LogP contribution in [0.2, 0.25) is 0 Å². The van der Waals surface area contributed by atoms with Crippen LogP contribution in [-0.4, -0.2) is 38.0 Å². The largest absolute Gasteiger partial charge is 0.466 e. The monoisotopic (exact) mass is 394 g/mol. The number of esters is 2. The van der Waals surface area contributed by atoms with Crippen LogP contribution in [-0.2, 0) is 29.8 Å². The lowest BCUT2D eigenvalue weighted by Gasteiger charge is -2.44. The topological polar surface area (TPSA) is 69.7 Å². The second-order valence-corrected chi connectivity index (χ2v) is 10.1. The molecule has 0 N–H and O–H groups in total. The highest BCUT2D eigenvalue weighted by Crippen LogP contribution is 2.68. The molecule has 2 heterocycles. The molecule has 5 nitrogen and oxygen atoms in total. The van der Waals surface area contributed by atoms with Gasteiger partial charge in [-0.25, -0.2) is 9.59 Å². The molecule has 0 saturated heterocycles. The van der Waals surface area contributed by atoms with Crippen molar-refractivity contribution in [1.82, 2.24) is 0 Å². The predicted molar refractivity (Wildman–Crippen MR) is 99.5 cm³/mol. The second kappa shape index (κ2) is 7.05. The first-order valence-corrected chi connectivity index (χ1v) is 10.7. The third kappa shape index (κ3) is 2.93. The Balaban J connectivity index is 2.16. The van der Waals surface area contributed by atoms with E-state index in [1.54, 1.807) is 6.92 Å². The maximum absolute atomic E-state index is 14.0. The molecule has 0 fully saturated rings. The van der Waals surface area contributed by atoms with E-state index in [9.17, 15) is 14.2 Å². The summed E-state index contributed by atoms with van der Waals surface area (Å²) in [4.78, 5) is 24.9. The third-order valence-electron chi connectivity index (χ3n) is 5.07. The summed E-state index contributed by atoms with van der Waals surface area (Å²) >= 11 is 6.47. The summed E-state index contributed by atoms with van der Waals surface area (Å²) in [5, 5.41) is 0.475. The maximum Gasteiger partial charge on any atom is 0.335 e. The first-order valence-electron chi connectivity index (χ1n) is 8.22. The van der Waals surface area contributed by atoms with Gasteiger partial charge in [0, 0.05) is 23.3 Å². The number of carbonyl (C=O) groups is 2. The number of methoxy groups -OCH3 is 2. The van der Waals surface area contributed by atoms with Gasteiger partial charge < -0.3 is 14.0 Å². The lowest BCUT2D eigenvalue weighted by molar-refractivity contribution is -0.139. The minimum Gasteiger partial charge on any atom is -0.466 e. The highest BCUT2D eigenvalue weighted by Gasteiger charge is 2.55. The van der Waals surface area contributed by atoms with Crippen molar-refractivity contribution in [2.45, 2.75) is 18.7 Å². The molecule has 0 amide bonds. The Morgan fingerprint density at radius 1 is 1.12 bits per heavy atom. The van der Waals surface area contributed by atoms with Crippen molar-refractivity contribution in [3.63, 3.8) is 0 Å². The Kier molecular flexibility index (Phi) is 5.14. The van der Waals surface area contributed by atoms with Crippen LogP contribution in [0.3, 0.4) is 0 Å². The Morgan fingerprint density at radius 3 is 2.27 bits per heavy atom. The molecule has 4 rings (SSSR count). The Hall–Kier alpha value is -1.84. The number of carbonyl (C=O) groups excluding carboxylic acids is 2. The fourth-order valence-electron chi connectivity index (χ4n) is 4.00. The highest BCUT2D eigenvalue weighted by molar-refractivity contribution is 7.64. The molecule has 2 bridgehead atoms. The van der Waals surface area contributed by atoms with E-state index >= 15 is 0 Å². The predicted octanol–water partition coefficient (Wildman–Crippen LogP) is 3.72. The van der Waals surface area contributed by atoms with E-state index in [0.29, 0.717) is 16.8 Å². The molecule has 26 heavy (non-hydrogen) atoms. The van der Waals surface area contributed by atoms with Gasteiger partial charge in [-0.15, -0.1) is 0 Å². The van der Waals surface area contributed by atoms with Gasteiger partial charge in [0.1, 0.15) is 7.14 Å². The van der Waals surface area contributed by atoms with Gasteiger partial charge in [-0.1, -0.05) is 41.9 Å². The third-order valence-corrected chi connectivity index (χ3v) is 9.10. The van der Waals surface area contributed by atoms with Gasteiger partial charge in [0.2, 0.25) is 0 Å². The standard InChI is InChI=1S/C19H20ClO5P/c1-11-16(20)13-10-26(23,9-12-7-5-4-6-8-12)17(11)15(19(22)25-3)14(13)18(21)24-2/h4-8,13,17H,9-10H2,1-3H3/t13-,17-,26?/m0/s1. The van der Waals surface area contributed by atoms with Crippen molar-refractivity contribution in [1.29, 1.82) is 0 Å². The van der Waals surface area contributed by atoms with Gasteiger partial charge in [0.25, 0.3) is 0 Å². The lowest BCUT2D eigenvalue weighted by atomic mass is 9.83. The molecular formula is C19H20ClO5P. The molecule has 1 aromatic rings. The molecule has 0 aromatic heterocycles. The van der Waals surface area contributed by atoms with Gasteiger partial charge in [0.15, 0.2) is 0 Å². The van der Waals surface area contributed by atoms with Crippen LogP contribution in [0.1, 0.15) is 12.5 Å². The van der Waals surface area contributed by atoms with Gasteiger partial charge in [-0.3, -0.25) is 0 Å². The van der Waals surface area contributed by atoms with Gasteiger partial charge in [0.05, 0.1) is 31.0 Å². The van der Waals surface area contributed by atoms with Crippen LogP contribution in [0.15, 0.2) is 52.1 Å². The summed E-state index contributed by atoms with van der Waals surface area (Å²) in [7, 11) is -0.413. The van der Waals surface area contributed by atoms with E-state index in [2.05, 4.69) is 0 Å². The molecule has 0 radical (unpaired) electrons. The summed E-state index contributed by atoms with van der Waals surface area (Å²) in [6.07, 6.45) is 0.582. The van der Waals surface area contributed by atoms with E-state index < -0.39 is 30.7 Å². The molecule has 1 aromatic carbocycles. The number of hydrogen-bond acceptors (Lipinski definition) is 5. The number of fused-ring (bicyclic) bond motifs is 1. The SMILES string of the molecule is COC(=O)C1=C(C(=O)OC)[C@@H]2C(C)=C(Cl)[C@H]1CP2(=O)Cc1ccccc1. The van der Waals surface area contributed by atoms with Gasteiger partial charge in [-0.05, 0) is 18.1 Å². The molecule has 138 valence electrons. The van der Waals surface area contributed by atoms with Crippen molar-refractivity contribution in [3.05, 3.63) is 57.6 Å². The molecule has 2 aliphatic heterocycles. The fourth-order valence-corrected chi connectivity index (χ4v) is 8.37. The van der Waals surface area contributed by atoms with Crippen LogP contribution in [0.5, 0.6) is 0 Å². The summed E-state index contributed by atoms with van der Waals surface area (Å²) in [5.41, 5.74) is 1.20. The van der Waals surface area contributed by atoms with Crippen molar-refractivity contribution in [2.75, 3.05) is 20.4 Å². The minimum atomic E-state index is -2.91. The maximum atomic E-state index is 14.0. The first kappa shape index (κ1) is 18.9. The van der Waals surface area contributed by atoms with Crippen LogP contribution in [0.25, 0.3) is 0 Å². The zero-order chi connectivity index (χ0) is 19.1. The fraction of sp³-hybridized carbons (Fsp3) is 0.368. The van der Waals surface area contributed by atoms with Crippen LogP contribution < -0.4 is 0 Å². The van der Waals surface area contributed by atoms with E-state index in [0.717, 1.165) is 5.56 Å². The van der Waals surface area contributed by atoms with Crippen LogP contribution in [0.4, 0.5) is 0 Å². The number of rotatable bonds is 4. The molecule has 3 aliphatic rings. The molecule has 0 saturated carbocycles. The molecular weight excluding hydrogens is 375 g/mol. The summed E-state index contributed by atoms with van der Waals surface area (Å²) in [5.74, 6) is -1.88. The number of hydrogen-bond donors (Lipinski definition) is 0. The molecule has 0 spiro atoms. The van der Waals surface area contributed by atoms with Gasteiger partial charge >= 0.3 is 11.9 Å². The highest BCUT2D eigenvalue weighted by atomic mass is 35.5. The van der Waals surface area contributed by atoms with E-state index in [4.69, 9.17) is 21.1 Å². The molecule has 1 unspecified atom stereocenters. The van der Waals surface area contributed by atoms with Crippen molar-refractivity contribution >= 4 is 30.7 Å². The zero-order valence-corrected chi connectivity index (χ0v) is 16.5. The number of allylic oxidation sites excluding steroid dienone is 2. The van der Waals surface area contributed by atoms with E-state index in [1.165, 1.54) is 14.2 Å². The first-order chi connectivity index (χ1) is 12.3. The Morgan fingerprint density at radius 2 is 1.69 bits per heavy atom. The smallest absolute Gasteiger partial charge is 0.335 e. The Labute approximate surface area is 157 Å². The number of ether oxygens (including phenoxy) is 2. The number of halogens is 1. The molecule has 1 aliphatic carbocycles. The van der Waals surface area contributed by atoms with Crippen molar-refractivity contribution in [3.8, 4) is 0 Å². The van der Waals surface area contributed by atoms with E-state index in [1.807, 2.05) is 30.3 Å². The average molecular weight is 395 g/mol. The van der Waals surface area contributed by atoms with Crippen LogP contribution in [0, 0.1) is 5.92 Å². The van der Waals surface area contributed by atoms with Crippen molar-refractivity contribution in [2.24, 2.45) is 5.92 Å². The lowest BCUT2D eigenvalue weighted by Crippen LogP contribution is -2.40. The zero-order valence-electron chi connectivity index (χ0n) is 14.8. The summed E-state index contributed by atoms with van der Waals surface area (Å²) in [6.45, 7) is 1.77. The second-order valence-electron chi connectivity index (χ2n) is 6.58. The van der Waals surface area contributed by atoms with E-state index in [-0.39, 0.29) is 17.3 Å². The quantitative estimate of drug-likeness (QED) is 0.575. The summed E-state index contributed by atoms with van der Waals surface area (Å²) < 4.78 is 23.7. The Bertz CT molecular complexity index is 871.